The van der Waals surface area contributed by atoms with E-state index in [-0.39, 0.29) is 18.1 Å². The van der Waals surface area contributed by atoms with Crippen molar-refractivity contribution in [1.29, 1.82) is 0 Å². The predicted molar refractivity (Wildman–Crippen MR) is 75.5 cm³/mol. The average molecular weight is 322 g/mol. The van der Waals surface area contributed by atoms with Crippen molar-refractivity contribution in [3.05, 3.63) is 21.8 Å². The first-order chi connectivity index (χ1) is 7.84. The number of anilines is 1. The quantitative estimate of drug-likeness (QED) is 0.888. The highest BCUT2D eigenvalue weighted by Gasteiger charge is 2.24. The summed E-state index contributed by atoms with van der Waals surface area (Å²) in [6, 6.07) is 1.92. The van der Waals surface area contributed by atoms with Crippen LogP contribution in [0.4, 0.5) is 5.82 Å². The second-order valence-electron chi connectivity index (χ2n) is 5.06. The first kappa shape index (κ1) is 14.7. The average Bonchev–Trinajstić information content (AvgIpc) is 2.19. The highest BCUT2D eigenvalue weighted by molar-refractivity contribution is 9.10. The molecule has 1 heterocycles. The molecular weight excluding hydrogens is 304 g/mol. The number of aliphatic hydroxyl groups is 1. The summed E-state index contributed by atoms with van der Waals surface area (Å²) in [5, 5.41) is 13.0. The fraction of sp³-hybridized carbons (Fsp3) is 0.583. The largest absolute Gasteiger partial charge is 0.396 e. The lowest BCUT2D eigenvalue weighted by molar-refractivity contribution is 0.235. The Morgan fingerprint density at radius 3 is 2.65 bits per heavy atom. The molecule has 1 aromatic heterocycles. The van der Waals surface area contributed by atoms with E-state index in [2.05, 4.69) is 47.0 Å². The monoisotopic (exact) mass is 320 g/mol. The van der Waals surface area contributed by atoms with Crippen LogP contribution in [-0.2, 0) is 0 Å². The van der Waals surface area contributed by atoms with Crippen LogP contribution < -0.4 is 5.32 Å². The predicted octanol–water partition coefficient (Wildman–Crippen LogP) is 3.71. The van der Waals surface area contributed by atoms with Crippen LogP contribution in [0.3, 0.4) is 0 Å². The molecule has 0 radical (unpaired) electrons. The maximum Gasteiger partial charge on any atom is 0.145 e. The molecule has 0 aromatic carbocycles. The Morgan fingerprint density at radius 2 is 2.18 bits per heavy atom. The van der Waals surface area contributed by atoms with Gasteiger partial charge in [0.2, 0.25) is 0 Å². The van der Waals surface area contributed by atoms with Crippen LogP contribution in [0.15, 0.2) is 16.7 Å². The van der Waals surface area contributed by atoms with E-state index >= 15 is 0 Å². The Bertz CT molecular complexity index is 379. The van der Waals surface area contributed by atoms with E-state index in [1.807, 2.05) is 0 Å². The Hall–Kier alpha value is -0.320. The zero-order valence-corrected chi connectivity index (χ0v) is 12.6. The molecule has 0 spiro atoms. The number of pyridine rings is 1. The van der Waals surface area contributed by atoms with E-state index in [0.717, 1.165) is 4.47 Å². The van der Waals surface area contributed by atoms with E-state index in [9.17, 15) is 0 Å². The Balaban J connectivity index is 2.86. The normalized spacial score (nSPS) is 13.5. The third-order valence-corrected chi connectivity index (χ3v) is 3.30. The SMILES string of the molecule is CC(C)(C)C(CCO)Nc1ncc(Br)cc1Cl. The molecule has 0 saturated heterocycles. The van der Waals surface area contributed by atoms with Gasteiger partial charge in [0, 0.05) is 23.3 Å². The van der Waals surface area contributed by atoms with E-state index in [1.54, 1.807) is 12.3 Å². The molecule has 17 heavy (non-hydrogen) atoms. The molecule has 0 aliphatic heterocycles. The van der Waals surface area contributed by atoms with Gasteiger partial charge in [0.1, 0.15) is 5.82 Å². The van der Waals surface area contributed by atoms with Crippen LogP contribution in [0.5, 0.6) is 0 Å². The van der Waals surface area contributed by atoms with E-state index in [0.29, 0.717) is 17.3 Å². The molecule has 1 aromatic rings. The molecule has 0 saturated carbocycles. The van der Waals surface area contributed by atoms with Gasteiger partial charge in [-0.25, -0.2) is 4.98 Å². The van der Waals surface area contributed by atoms with Crippen molar-refractivity contribution in [3.8, 4) is 0 Å². The van der Waals surface area contributed by atoms with Crippen molar-refractivity contribution in [2.75, 3.05) is 11.9 Å². The molecule has 0 bridgehead atoms. The lowest BCUT2D eigenvalue weighted by atomic mass is 9.85. The second kappa shape index (κ2) is 6.03. The number of nitrogens with one attached hydrogen (secondary N) is 1. The Kier molecular flexibility index (Phi) is 5.22. The minimum absolute atomic E-state index is 0.0286. The molecule has 5 heteroatoms. The third kappa shape index (κ3) is 4.45. The summed E-state index contributed by atoms with van der Waals surface area (Å²) in [5.41, 5.74) is 0.0286. The molecule has 0 aliphatic carbocycles. The molecule has 1 atom stereocenters. The molecule has 2 N–H and O–H groups in total. The zero-order chi connectivity index (χ0) is 13.1. The van der Waals surface area contributed by atoms with E-state index < -0.39 is 0 Å². The maximum atomic E-state index is 9.09. The molecule has 96 valence electrons. The van der Waals surface area contributed by atoms with Gasteiger partial charge in [0.15, 0.2) is 0 Å². The first-order valence-corrected chi connectivity index (χ1v) is 6.70. The highest BCUT2D eigenvalue weighted by Crippen LogP contribution is 2.29. The van der Waals surface area contributed by atoms with Gasteiger partial charge in [-0.15, -0.1) is 0 Å². The zero-order valence-electron chi connectivity index (χ0n) is 10.3. The summed E-state index contributed by atoms with van der Waals surface area (Å²) in [6.45, 7) is 6.50. The number of hydrogen-bond donors (Lipinski definition) is 2. The van der Waals surface area contributed by atoms with Gasteiger partial charge < -0.3 is 10.4 Å². The van der Waals surface area contributed by atoms with Gasteiger partial charge in [-0.1, -0.05) is 32.4 Å². The van der Waals surface area contributed by atoms with Crippen LogP contribution >= 0.6 is 27.5 Å². The fourth-order valence-corrected chi connectivity index (χ4v) is 2.22. The Labute approximate surface area is 116 Å². The van der Waals surface area contributed by atoms with E-state index in [1.165, 1.54) is 0 Å². The highest BCUT2D eigenvalue weighted by atomic mass is 79.9. The van der Waals surface area contributed by atoms with Gasteiger partial charge in [-0.05, 0) is 33.8 Å². The minimum atomic E-state index is 0.0286. The van der Waals surface area contributed by atoms with Crippen molar-refractivity contribution in [2.24, 2.45) is 5.41 Å². The molecule has 1 rings (SSSR count). The van der Waals surface area contributed by atoms with Crippen molar-refractivity contribution in [1.82, 2.24) is 4.98 Å². The summed E-state index contributed by atoms with van der Waals surface area (Å²) in [7, 11) is 0. The van der Waals surface area contributed by atoms with Crippen LogP contribution in [-0.4, -0.2) is 22.7 Å². The van der Waals surface area contributed by atoms with Gasteiger partial charge in [-0.2, -0.15) is 0 Å². The lowest BCUT2D eigenvalue weighted by Gasteiger charge is -2.31. The fourth-order valence-electron chi connectivity index (χ4n) is 1.54. The summed E-state index contributed by atoms with van der Waals surface area (Å²) in [6.07, 6.45) is 2.37. The van der Waals surface area contributed by atoms with Crippen LogP contribution in [0, 0.1) is 5.41 Å². The number of nitrogens with zero attached hydrogens (tertiary/aromatic N) is 1. The van der Waals surface area contributed by atoms with Crippen LogP contribution in [0.1, 0.15) is 27.2 Å². The topological polar surface area (TPSA) is 45.1 Å². The number of aliphatic hydroxyl groups excluding tert-OH is 1. The number of aromatic nitrogens is 1. The maximum absolute atomic E-state index is 9.09. The van der Waals surface area contributed by atoms with Gasteiger partial charge >= 0.3 is 0 Å². The molecule has 1 unspecified atom stereocenters. The molecule has 0 fully saturated rings. The van der Waals surface area contributed by atoms with Crippen molar-refractivity contribution >= 4 is 33.3 Å². The lowest BCUT2D eigenvalue weighted by Crippen LogP contribution is -2.35. The smallest absolute Gasteiger partial charge is 0.145 e. The summed E-state index contributed by atoms with van der Waals surface area (Å²) in [4.78, 5) is 4.24. The summed E-state index contributed by atoms with van der Waals surface area (Å²) in [5.74, 6) is 0.656. The third-order valence-electron chi connectivity index (χ3n) is 2.58. The number of halogens is 2. The van der Waals surface area contributed by atoms with Gasteiger partial charge in [-0.3, -0.25) is 0 Å². The van der Waals surface area contributed by atoms with Gasteiger partial charge in [0.05, 0.1) is 5.02 Å². The van der Waals surface area contributed by atoms with Gasteiger partial charge in [0.25, 0.3) is 0 Å². The van der Waals surface area contributed by atoms with Crippen molar-refractivity contribution < 1.29 is 5.11 Å². The first-order valence-electron chi connectivity index (χ1n) is 5.53. The minimum Gasteiger partial charge on any atom is -0.396 e. The number of hydrogen-bond acceptors (Lipinski definition) is 3. The molecule has 0 amide bonds. The Morgan fingerprint density at radius 1 is 1.53 bits per heavy atom. The summed E-state index contributed by atoms with van der Waals surface area (Å²) >= 11 is 9.42. The molecular formula is C12H18BrClN2O. The van der Waals surface area contributed by atoms with Crippen molar-refractivity contribution in [2.45, 2.75) is 33.2 Å². The summed E-state index contributed by atoms with van der Waals surface area (Å²) < 4.78 is 0.850. The van der Waals surface area contributed by atoms with E-state index in [4.69, 9.17) is 16.7 Å². The van der Waals surface area contributed by atoms with Crippen LogP contribution in [0.25, 0.3) is 0 Å². The standard InChI is InChI=1S/C12H18BrClN2O/c1-12(2,3)10(4-5-17)16-11-9(14)6-8(13)7-15-11/h6-7,10,17H,4-5H2,1-3H3,(H,15,16). The molecule has 0 aliphatic rings. The van der Waals surface area contributed by atoms with Crippen molar-refractivity contribution in [3.63, 3.8) is 0 Å². The second-order valence-corrected chi connectivity index (χ2v) is 6.38. The number of rotatable bonds is 4. The van der Waals surface area contributed by atoms with Crippen LogP contribution in [0.2, 0.25) is 5.02 Å². The molecule has 3 nitrogen and oxygen atoms in total.